The smallest absolute Gasteiger partial charge is 0.224 e. The first-order valence-electron chi connectivity index (χ1n) is 9.72. The first-order valence-corrected chi connectivity index (χ1v) is 11.1. The largest absolute Gasteiger partial charge is 0.490 e. The molecule has 1 heterocycles. The quantitative estimate of drug-likeness (QED) is 0.465. The fraction of sp³-hybridized carbons (Fsp3) is 0.409. The summed E-state index contributed by atoms with van der Waals surface area (Å²) in [5.74, 6) is 1.81. The lowest BCUT2D eigenvalue weighted by Crippen LogP contribution is -2.35. The van der Waals surface area contributed by atoms with Crippen LogP contribution in [0.3, 0.4) is 0 Å². The first-order chi connectivity index (χ1) is 13.6. The summed E-state index contributed by atoms with van der Waals surface area (Å²) < 4.78 is 6.04. The van der Waals surface area contributed by atoms with Crippen molar-refractivity contribution in [3.63, 3.8) is 0 Å². The number of hydrogen-bond acceptors (Lipinski definition) is 4. The summed E-state index contributed by atoms with van der Waals surface area (Å²) in [6, 6.07) is 15.5. The highest BCUT2D eigenvalue weighted by Gasteiger charge is 2.17. The Morgan fingerprint density at radius 3 is 2.50 bits per heavy atom. The molecule has 0 aliphatic carbocycles. The van der Waals surface area contributed by atoms with Gasteiger partial charge in [0.1, 0.15) is 11.9 Å². The Morgan fingerprint density at radius 1 is 1.14 bits per heavy atom. The van der Waals surface area contributed by atoms with Gasteiger partial charge in [0.2, 0.25) is 5.91 Å². The summed E-state index contributed by atoms with van der Waals surface area (Å²) in [4.78, 5) is 15.6. The van der Waals surface area contributed by atoms with Crippen molar-refractivity contribution in [1.82, 2.24) is 4.90 Å². The van der Waals surface area contributed by atoms with Gasteiger partial charge in [0.25, 0.3) is 0 Å². The number of nitrogens with one attached hydrogen (secondary N) is 1. The number of halogens is 1. The molecule has 2 aromatic rings. The van der Waals surface area contributed by atoms with Crippen LogP contribution in [0.15, 0.2) is 53.4 Å². The van der Waals surface area contributed by atoms with Crippen molar-refractivity contribution in [3.05, 3.63) is 53.6 Å². The molecule has 0 saturated carbocycles. The molecule has 4 nitrogen and oxygen atoms in total. The van der Waals surface area contributed by atoms with Crippen LogP contribution in [0.25, 0.3) is 0 Å². The molecule has 0 spiro atoms. The number of amides is 1. The summed E-state index contributed by atoms with van der Waals surface area (Å²) >= 11 is 7.62. The van der Waals surface area contributed by atoms with Crippen LogP contribution in [-0.2, 0) is 4.79 Å². The van der Waals surface area contributed by atoms with Crippen LogP contribution < -0.4 is 10.1 Å². The van der Waals surface area contributed by atoms with E-state index < -0.39 is 0 Å². The molecule has 1 fully saturated rings. The summed E-state index contributed by atoms with van der Waals surface area (Å²) in [6.45, 7) is 2.16. The average Bonchev–Trinajstić information content (AvgIpc) is 2.70. The third-order valence-electron chi connectivity index (χ3n) is 4.74. The molecule has 1 N–H and O–H groups in total. The third-order valence-corrected chi connectivity index (χ3v) is 6.09. The van der Waals surface area contributed by atoms with Gasteiger partial charge in [0, 0.05) is 35.1 Å². The molecule has 2 aromatic carbocycles. The highest BCUT2D eigenvalue weighted by molar-refractivity contribution is 7.99. The molecule has 1 aliphatic heterocycles. The van der Waals surface area contributed by atoms with E-state index in [1.165, 1.54) is 4.90 Å². The molecule has 6 heteroatoms. The van der Waals surface area contributed by atoms with Crippen molar-refractivity contribution >= 4 is 35.0 Å². The monoisotopic (exact) mass is 418 g/mol. The Labute approximate surface area is 176 Å². The van der Waals surface area contributed by atoms with Crippen molar-refractivity contribution < 1.29 is 9.53 Å². The Kier molecular flexibility index (Phi) is 8.07. The third kappa shape index (κ3) is 7.04. The van der Waals surface area contributed by atoms with Gasteiger partial charge in [-0.25, -0.2) is 0 Å². The fourth-order valence-electron chi connectivity index (χ4n) is 3.09. The van der Waals surface area contributed by atoms with E-state index in [0.717, 1.165) is 54.6 Å². The minimum Gasteiger partial charge on any atom is -0.490 e. The van der Waals surface area contributed by atoms with Gasteiger partial charge in [0.05, 0.1) is 0 Å². The van der Waals surface area contributed by atoms with Gasteiger partial charge in [-0.3, -0.25) is 4.79 Å². The molecule has 0 bridgehead atoms. The van der Waals surface area contributed by atoms with Gasteiger partial charge in [-0.05, 0) is 80.6 Å². The van der Waals surface area contributed by atoms with Crippen LogP contribution in [0.4, 0.5) is 5.69 Å². The Bertz CT molecular complexity index is 744. The number of nitrogens with zero attached hydrogens (tertiary/aromatic N) is 1. The van der Waals surface area contributed by atoms with E-state index in [2.05, 4.69) is 17.3 Å². The summed E-state index contributed by atoms with van der Waals surface area (Å²) in [5, 5.41) is 3.70. The van der Waals surface area contributed by atoms with Gasteiger partial charge in [-0.15, -0.1) is 11.8 Å². The van der Waals surface area contributed by atoms with E-state index in [-0.39, 0.29) is 12.0 Å². The molecule has 3 rings (SSSR count). The Balaban J connectivity index is 1.35. The van der Waals surface area contributed by atoms with E-state index in [1.54, 1.807) is 11.8 Å². The minimum absolute atomic E-state index is 0.0423. The number of anilines is 1. The number of carbonyl (C=O) groups is 1. The van der Waals surface area contributed by atoms with E-state index in [4.69, 9.17) is 16.3 Å². The molecule has 0 unspecified atom stereocenters. The maximum atomic E-state index is 12.1. The lowest BCUT2D eigenvalue weighted by atomic mass is 10.1. The second-order valence-electron chi connectivity index (χ2n) is 7.10. The number of thioether (sulfide) groups is 1. The van der Waals surface area contributed by atoms with Gasteiger partial charge >= 0.3 is 0 Å². The SMILES string of the molecule is CN1CCC(Oc2ccc(NC(=O)CCCSc3ccc(Cl)cc3)cc2)CC1. The zero-order valence-electron chi connectivity index (χ0n) is 16.2. The van der Waals surface area contributed by atoms with Crippen LogP contribution in [0.2, 0.25) is 5.02 Å². The number of carbonyl (C=O) groups excluding carboxylic acids is 1. The van der Waals surface area contributed by atoms with Crippen LogP contribution in [0, 0.1) is 0 Å². The fourth-order valence-corrected chi connectivity index (χ4v) is 4.07. The number of likely N-dealkylation sites (tertiary alicyclic amines) is 1. The first kappa shape index (κ1) is 21.0. The van der Waals surface area contributed by atoms with Crippen molar-refractivity contribution in [2.75, 3.05) is 31.2 Å². The lowest BCUT2D eigenvalue weighted by molar-refractivity contribution is -0.116. The number of ether oxygens (including phenoxy) is 1. The maximum absolute atomic E-state index is 12.1. The van der Waals surface area contributed by atoms with Crippen LogP contribution in [-0.4, -0.2) is 42.8 Å². The second kappa shape index (κ2) is 10.7. The van der Waals surface area contributed by atoms with Crippen LogP contribution in [0.5, 0.6) is 5.75 Å². The maximum Gasteiger partial charge on any atom is 0.224 e. The van der Waals surface area contributed by atoms with Gasteiger partial charge in [-0.1, -0.05) is 11.6 Å². The minimum atomic E-state index is 0.0423. The van der Waals surface area contributed by atoms with Crippen LogP contribution in [0.1, 0.15) is 25.7 Å². The number of hydrogen-bond donors (Lipinski definition) is 1. The number of piperidine rings is 1. The zero-order chi connectivity index (χ0) is 19.8. The molecule has 0 aromatic heterocycles. The summed E-state index contributed by atoms with van der Waals surface area (Å²) in [7, 11) is 2.14. The lowest BCUT2D eigenvalue weighted by Gasteiger charge is -2.29. The summed E-state index contributed by atoms with van der Waals surface area (Å²) in [5.41, 5.74) is 0.811. The van der Waals surface area contributed by atoms with Gasteiger partial charge in [0.15, 0.2) is 0 Å². The van der Waals surface area contributed by atoms with Crippen molar-refractivity contribution in [1.29, 1.82) is 0 Å². The second-order valence-corrected chi connectivity index (χ2v) is 8.70. The molecule has 0 atom stereocenters. The van der Waals surface area contributed by atoms with Crippen LogP contribution >= 0.6 is 23.4 Å². The van der Waals surface area contributed by atoms with E-state index in [9.17, 15) is 4.79 Å². The number of benzene rings is 2. The standard InChI is InChI=1S/C22H27ClN2O2S/c1-25-14-12-20(13-15-25)27-19-8-6-18(7-9-19)24-22(26)3-2-16-28-21-10-4-17(23)5-11-21/h4-11,20H,2-3,12-16H2,1H3,(H,24,26). The topological polar surface area (TPSA) is 41.6 Å². The molecule has 1 aliphatic rings. The molecular formula is C22H27ClN2O2S. The highest BCUT2D eigenvalue weighted by Crippen LogP contribution is 2.23. The van der Waals surface area contributed by atoms with Gasteiger partial charge < -0.3 is 15.0 Å². The zero-order valence-corrected chi connectivity index (χ0v) is 17.8. The normalized spacial score (nSPS) is 15.4. The molecular weight excluding hydrogens is 392 g/mol. The van der Waals surface area contributed by atoms with Gasteiger partial charge in [-0.2, -0.15) is 0 Å². The molecule has 1 amide bonds. The van der Waals surface area contributed by atoms with Crippen molar-refractivity contribution in [3.8, 4) is 5.75 Å². The summed E-state index contributed by atoms with van der Waals surface area (Å²) in [6.07, 6.45) is 3.74. The predicted octanol–water partition coefficient (Wildman–Crippen LogP) is 5.32. The Morgan fingerprint density at radius 2 is 1.82 bits per heavy atom. The molecule has 1 saturated heterocycles. The molecule has 150 valence electrons. The average molecular weight is 419 g/mol. The number of rotatable bonds is 8. The highest BCUT2D eigenvalue weighted by atomic mass is 35.5. The molecule has 28 heavy (non-hydrogen) atoms. The van der Waals surface area contributed by atoms with Crippen molar-refractivity contribution in [2.24, 2.45) is 0 Å². The molecule has 0 radical (unpaired) electrons. The van der Waals surface area contributed by atoms with E-state index in [1.807, 2.05) is 48.5 Å². The predicted molar refractivity (Wildman–Crippen MR) is 118 cm³/mol. The Hall–Kier alpha value is -1.69. The van der Waals surface area contributed by atoms with E-state index >= 15 is 0 Å². The van der Waals surface area contributed by atoms with Crippen molar-refractivity contribution in [2.45, 2.75) is 36.7 Å². The van der Waals surface area contributed by atoms with E-state index in [0.29, 0.717) is 6.42 Å².